The smallest absolute Gasteiger partial charge is 0.218 e. The van der Waals surface area contributed by atoms with E-state index in [-0.39, 0.29) is 11.7 Å². The number of nitrogens with zero attached hydrogens (tertiary/aromatic N) is 1. The zero-order chi connectivity index (χ0) is 17.2. The molecular weight excluding hydrogens is 346 g/mol. The van der Waals surface area contributed by atoms with Crippen LogP contribution in [0.2, 0.25) is 5.02 Å². The molecule has 0 radical (unpaired) electrons. The molecule has 24 heavy (non-hydrogen) atoms. The highest BCUT2D eigenvalue weighted by molar-refractivity contribution is 7.88. The number of ether oxygens (including phenoxy) is 1. The minimum atomic E-state index is -3.31. The van der Waals surface area contributed by atoms with Gasteiger partial charge in [-0.25, -0.2) is 12.7 Å². The van der Waals surface area contributed by atoms with Crippen LogP contribution in [0.5, 0.6) is 5.75 Å². The molecule has 1 fully saturated rings. The second kappa shape index (κ2) is 7.13. The monoisotopic (exact) mass is 365 g/mol. The summed E-state index contributed by atoms with van der Waals surface area (Å²) in [4.78, 5) is 0. The highest BCUT2D eigenvalue weighted by atomic mass is 35.5. The van der Waals surface area contributed by atoms with E-state index in [0.717, 1.165) is 23.3 Å². The fourth-order valence-corrected chi connectivity index (χ4v) is 4.72. The molecule has 3 rings (SSSR count). The lowest BCUT2D eigenvalue weighted by molar-refractivity contribution is 0.414. The molecule has 1 aliphatic rings. The maximum absolute atomic E-state index is 12.6. The highest BCUT2D eigenvalue weighted by Gasteiger charge is 2.32. The van der Waals surface area contributed by atoms with Crippen molar-refractivity contribution in [1.82, 2.24) is 4.31 Å². The van der Waals surface area contributed by atoms with E-state index in [1.165, 1.54) is 0 Å². The largest absolute Gasteiger partial charge is 0.497 e. The van der Waals surface area contributed by atoms with Crippen molar-refractivity contribution in [1.29, 1.82) is 0 Å². The Labute approximate surface area is 148 Å². The maximum Gasteiger partial charge on any atom is 0.218 e. The molecular formula is C18H20ClNO3S. The van der Waals surface area contributed by atoms with Gasteiger partial charge in [0.15, 0.2) is 0 Å². The van der Waals surface area contributed by atoms with Crippen molar-refractivity contribution in [3.8, 4) is 5.75 Å². The van der Waals surface area contributed by atoms with Crippen molar-refractivity contribution < 1.29 is 13.2 Å². The van der Waals surface area contributed by atoms with Crippen LogP contribution >= 0.6 is 11.6 Å². The summed E-state index contributed by atoms with van der Waals surface area (Å²) < 4.78 is 32.0. The second-order valence-corrected chi connectivity index (χ2v) is 8.40. The van der Waals surface area contributed by atoms with Crippen LogP contribution in [-0.2, 0) is 15.8 Å². The number of hydrogen-bond donors (Lipinski definition) is 0. The standard InChI is InChI=1S/C18H20ClNO3S/c1-23-18-8-4-15(5-9-18)16-10-11-20(12-16)24(21,22)13-14-2-6-17(19)7-3-14/h2-9,16H,10-13H2,1H3. The lowest BCUT2D eigenvalue weighted by Gasteiger charge is -2.17. The van der Waals surface area contributed by atoms with E-state index in [9.17, 15) is 8.42 Å². The molecule has 1 aliphatic heterocycles. The van der Waals surface area contributed by atoms with Gasteiger partial charge < -0.3 is 4.74 Å². The Morgan fingerprint density at radius 2 is 1.79 bits per heavy atom. The van der Waals surface area contributed by atoms with Crippen molar-refractivity contribution in [3.63, 3.8) is 0 Å². The number of sulfonamides is 1. The molecule has 128 valence electrons. The Hall–Kier alpha value is -1.56. The third-order valence-corrected chi connectivity index (χ3v) is 6.46. The average molecular weight is 366 g/mol. The van der Waals surface area contributed by atoms with Gasteiger partial charge >= 0.3 is 0 Å². The summed E-state index contributed by atoms with van der Waals surface area (Å²) in [5, 5.41) is 0.608. The SMILES string of the molecule is COc1ccc(C2CCN(S(=O)(=O)Cc3ccc(Cl)cc3)C2)cc1. The number of methoxy groups -OCH3 is 1. The zero-order valence-corrected chi connectivity index (χ0v) is 15.1. The minimum absolute atomic E-state index is 0.0134. The molecule has 0 aliphatic carbocycles. The van der Waals surface area contributed by atoms with E-state index in [1.807, 2.05) is 24.3 Å². The van der Waals surface area contributed by atoms with Gasteiger partial charge in [-0.2, -0.15) is 0 Å². The Morgan fingerprint density at radius 3 is 2.42 bits per heavy atom. The first-order valence-corrected chi connectivity index (χ1v) is 9.83. The third kappa shape index (κ3) is 3.91. The average Bonchev–Trinajstić information content (AvgIpc) is 3.08. The van der Waals surface area contributed by atoms with E-state index in [0.29, 0.717) is 18.1 Å². The molecule has 6 heteroatoms. The van der Waals surface area contributed by atoms with E-state index in [4.69, 9.17) is 16.3 Å². The van der Waals surface area contributed by atoms with Gasteiger partial charge in [0.05, 0.1) is 12.9 Å². The number of benzene rings is 2. The van der Waals surface area contributed by atoms with Crippen molar-refractivity contribution in [2.24, 2.45) is 0 Å². The third-order valence-electron chi connectivity index (χ3n) is 4.39. The molecule has 1 atom stereocenters. The summed E-state index contributed by atoms with van der Waals surface area (Å²) in [5.74, 6) is 1.05. The predicted molar refractivity (Wildman–Crippen MR) is 96.0 cm³/mol. The molecule has 1 unspecified atom stereocenters. The van der Waals surface area contributed by atoms with Crippen LogP contribution in [0.25, 0.3) is 0 Å². The van der Waals surface area contributed by atoms with Gasteiger partial charge in [0.25, 0.3) is 0 Å². The molecule has 1 saturated heterocycles. The molecule has 4 nitrogen and oxygen atoms in total. The molecule has 0 bridgehead atoms. The number of rotatable bonds is 5. The molecule has 0 spiro atoms. The molecule has 2 aromatic carbocycles. The van der Waals surface area contributed by atoms with Crippen molar-refractivity contribution in [2.75, 3.05) is 20.2 Å². The van der Waals surface area contributed by atoms with E-state index < -0.39 is 10.0 Å². The Kier molecular flexibility index (Phi) is 5.13. The van der Waals surface area contributed by atoms with Crippen LogP contribution in [0.3, 0.4) is 0 Å². The quantitative estimate of drug-likeness (QED) is 0.812. The first-order valence-electron chi connectivity index (χ1n) is 7.84. The zero-order valence-electron chi connectivity index (χ0n) is 13.5. The molecule has 0 saturated carbocycles. The summed E-state index contributed by atoms with van der Waals surface area (Å²) >= 11 is 5.85. The molecule has 0 aromatic heterocycles. The van der Waals surface area contributed by atoms with Gasteiger partial charge in [0.2, 0.25) is 10.0 Å². The molecule has 1 heterocycles. The van der Waals surface area contributed by atoms with Gasteiger partial charge in [-0.05, 0) is 47.7 Å². The van der Waals surface area contributed by atoms with E-state index in [1.54, 1.807) is 35.7 Å². The topological polar surface area (TPSA) is 46.6 Å². The van der Waals surface area contributed by atoms with Crippen LogP contribution in [0.4, 0.5) is 0 Å². The molecule has 0 amide bonds. The van der Waals surface area contributed by atoms with Crippen LogP contribution in [0, 0.1) is 0 Å². The van der Waals surface area contributed by atoms with Gasteiger partial charge in [-0.3, -0.25) is 0 Å². The van der Waals surface area contributed by atoms with Gasteiger partial charge in [-0.1, -0.05) is 35.9 Å². The number of halogens is 1. The highest BCUT2D eigenvalue weighted by Crippen LogP contribution is 2.30. The van der Waals surface area contributed by atoms with Crippen LogP contribution < -0.4 is 4.74 Å². The molecule has 2 aromatic rings. The fraction of sp³-hybridized carbons (Fsp3) is 0.333. The summed E-state index contributed by atoms with van der Waals surface area (Å²) in [6.45, 7) is 1.09. The summed E-state index contributed by atoms with van der Waals surface area (Å²) in [7, 11) is -1.68. The van der Waals surface area contributed by atoms with Crippen molar-refractivity contribution in [3.05, 3.63) is 64.7 Å². The van der Waals surface area contributed by atoms with E-state index >= 15 is 0 Å². The minimum Gasteiger partial charge on any atom is -0.497 e. The Bertz CT molecular complexity index is 788. The Balaban J connectivity index is 1.68. The van der Waals surface area contributed by atoms with Gasteiger partial charge in [0.1, 0.15) is 5.75 Å². The van der Waals surface area contributed by atoms with Crippen LogP contribution in [0.1, 0.15) is 23.5 Å². The van der Waals surface area contributed by atoms with Crippen molar-refractivity contribution in [2.45, 2.75) is 18.1 Å². The van der Waals surface area contributed by atoms with Gasteiger partial charge in [-0.15, -0.1) is 0 Å². The van der Waals surface area contributed by atoms with Crippen LogP contribution in [-0.4, -0.2) is 32.9 Å². The first-order chi connectivity index (χ1) is 11.5. The summed E-state index contributed by atoms with van der Waals surface area (Å²) in [6.07, 6.45) is 0.839. The predicted octanol–water partition coefficient (Wildman–Crippen LogP) is 3.67. The Morgan fingerprint density at radius 1 is 1.12 bits per heavy atom. The van der Waals surface area contributed by atoms with Gasteiger partial charge in [0, 0.05) is 18.1 Å². The summed E-state index contributed by atoms with van der Waals surface area (Å²) in [5.41, 5.74) is 1.91. The first kappa shape index (κ1) is 17.3. The lowest BCUT2D eigenvalue weighted by Crippen LogP contribution is -2.29. The van der Waals surface area contributed by atoms with Crippen molar-refractivity contribution >= 4 is 21.6 Å². The maximum atomic E-state index is 12.6. The normalized spacial score (nSPS) is 18.7. The number of hydrogen-bond acceptors (Lipinski definition) is 3. The second-order valence-electron chi connectivity index (χ2n) is 6.00. The fourth-order valence-electron chi connectivity index (χ4n) is 3.01. The lowest BCUT2D eigenvalue weighted by atomic mass is 9.99. The molecule has 0 N–H and O–H groups in total. The van der Waals surface area contributed by atoms with Crippen LogP contribution in [0.15, 0.2) is 48.5 Å². The van der Waals surface area contributed by atoms with E-state index in [2.05, 4.69) is 0 Å². The summed E-state index contributed by atoms with van der Waals surface area (Å²) in [6, 6.07) is 14.8.